The summed E-state index contributed by atoms with van der Waals surface area (Å²) >= 11 is 0. The second-order valence-electron chi connectivity index (χ2n) is 8.14. The molecule has 0 saturated carbocycles. The molecule has 11 heteroatoms. The summed E-state index contributed by atoms with van der Waals surface area (Å²) in [7, 11) is 1.77. The van der Waals surface area contributed by atoms with Crippen molar-refractivity contribution in [1.29, 1.82) is 0 Å². The van der Waals surface area contributed by atoms with Crippen LogP contribution in [-0.4, -0.2) is 40.5 Å². The molecule has 0 radical (unpaired) electrons. The van der Waals surface area contributed by atoms with E-state index in [-0.39, 0.29) is 17.2 Å². The summed E-state index contributed by atoms with van der Waals surface area (Å²) in [5, 5.41) is 19.1. The maximum Gasteiger partial charge on any atom is 0.416 e. The Balaban J connectivity index is 1.57. The number of amides is 1. The molecule has 1 heterocycles. The predicted octanol–water partition coefficient (Wildman–Crippen LogP) is 4.97. The second-order valence-corrected chi connectivity index (χ2v) is 8.14. The van der Waals surface area contributed by atoms with E-state index in [2.05, 4.69) is 25.9 Å². The predicted molar refractivity (Wildman–Crippen MR) is 133 cm³/mol. The highest BCUT2D eigenvalue weighted by molar-refractivity contribution is 6.05. The molecular weight excluding hydrogens is 487 g/mol. The molecule has 0 aliphatic heterocycles. The molecule has 0 saturated heterocycles. The van der Waals surface area contributed by atoms with Crippen LogP contribution in [0.1, 0.15) is 37.9 Å². The highest BCUT2D eigenvalue weighted by atomic mass is 19.4. The summed E-state index contributed by atoms with van der Waals surface area (Å²) in [6.07, 6.45) is -3.20. The Bertz CT molecular complexity index is 1440. The third-order valence-electron chi connectivity index (χ3n) is 5.64. The average molecular weight is 509 g/mol. The molecule has 4 rings (SSSR count). The van der Waals surface area contributed by atoms with Crippen molar-refractivity contribution in [2.45, 2.75) is 12.2 Å². The number of carboxylic acids is 1. The fraction of sp³-hybridized carbons (Fsp3) is 0.154. The zero-order valence-electron chi connectivity index (χ0n) is 19.5. The lowest BCUT2D eigenvalue weighted by atomic mass is 10.0. The molecular formula is C26H22F3N5O3. The van der Waals surface area contributed by atoms with Gasteiger partial charge in [0.05, 0.1) is 22.7 Å². The largest absolute Gasteiger partial charge is 0.478 e. The van der Waals surface area contributed by atoms with Crippen LogP contribution >= 0.6 is 0 Å². The Morgan fingerprint density at radius 3 is 2.41 bits per heavy atom. The number of nitrogens with one attached hydrogen (secondary N) is 3. The number of carboxylic acid groups (broad SMARTS) is 1. The third kappa shape index (κ3) is 5.84. The van der Waals surface area contributed by atoms with Crippen molar-refractivity contribution in [3.63, 3.8) is 0 Å². The molecule has 3 aromatic carbocycles. The minimum Gasteiger partial charge on any atom is -0.478 e. The van der Waals surface area contributed by atoms with E-state index >= 15 is 0 Å². The number of halogens is 3. The van der Waals surface area contributed by atoms with Crippen molar-refractivity contribution in [3.8, 4) is 0 Å². The van der Waals surface area contributed by atoms with Gasteiger partial charge in [0.25, 0.3) is 5.91 Å². The molecule has 37 heavy (non-hydrogen) atoms. The number of aromatic carboxylic acids is 1. The smallest absolute Gasteiger partial charge is 0.416 e. The number of para-hydroxylation sites is 1. The fourth-order valence-electron chi connectivity index (χ4n) is 3.84. The van der Waals surface area contributed by atoms with Crippen LogP contribution < -0.4 is 16.0 Å². The van der Waals surface area contributed by atoms with Gasteiger partial charge < -0.3 is 21.1 Å². The van der Waals surface area contributed by atoms with E-state index in [0.29, 0.717) is 29.0 Å². The Morgan fingerprint density at radius 2 is 1.73 bits per heavy atom. The zero-order chi connectivity index (χ0) is 26.6. The Hall–Kier alpha value is -4.51. The molecule has 8 nitrogen and oxygen atoms in total. The molecule has 4 N–H and O–H groups in total. The molecule has 0 spiro atoms. The quantitative estimate of drug-likeness (QED) is 0.265. The summed E-state index contributed by atoms with van der Waals surface area (Å²) in [4.78, 5) is 32.6. The van der Waals surface area contributed by atoms with Gasteiger partial charge in [-0.05, 0) is 61.1 Å². The monoisotopic (exact) mass is 509 g/mol. The van der Waals surface area contributed by atoms with Crippen molar-refractivity contribution in [1.82, 2.24) is 15.3 Å². The van der Waals surface area contributed by atoms with Gasteiger partial charge in [0, 0.05) is 23.2 Å². The van der Waals surface area contributed by atoms with Crippen LogP contribution in [0, 0.1) is 0 Å². The summed E-state index contributed by atoms with van der Waals surface area (Å²) in [5.74, 6) is -1.21. The molecule has 0 fully saturated rings. The van der Waals surface area contributed by atoms with Crippen LogP contribution in [0.2, 0.25) is 0 Å². The Kier molecular flexibility index (Phi) is 7.35. The first-order valence-electron chi connectivity index (χ1n) is 11.1. The number of hydrogen-bond acceptors (Lipinski definition) is 6. The van der Waals surface area contributed by atoms with Crippen molar-refractivity contribution >= 4 is 34.3 Å². The van der Waals surface area contributed by atoms with Crippen LogP contribution in [0.4, 0.5) is 24.7 Å². The maximum atomic E-state index is 12.8. The van der Waals surface area contributed by atoms with E-state index in [1.54, 1.807) is 37.4 Å². The molecule has 1 atom stereocenters. The average Bonchev–Trinajstić information content (AvgIpc) is 2.88. The Morgan fingerprint density at radius 1 is 1.00 bits per heavy atom. The summed E-state index contributed by atoms with van der Waals surface area (Å²) < 4.78 is 38.4. The number of aromatic nitrogens is 2. The number of hydrogen-bond donors (Lipinski definition) is 4. The van der Waals surface area contributed by atoms with Gasteiger partial charge in [-0.1, -0.05) is 18.2 Å². The first-order valence-corrected chi connectivity index (χ1v) is 11.1. The normalized spacial score (nSPS) is 12.2. The number of fused-ring (bicyclic) bond motifs is 1. The number of nitrogens with zero attached hydrogens (tertiary/aromatic N) is 2. The van der Waals surface area contributed by atoms with Gasteiger partial charge in [-0.15, -0.1) is 0 Å². The van der Waals surface area contributed by atoms with Crippen molar-refractivity contribution in [2.75, 3.05) is 24.2 Å². The fourth-order valence-corrected chi connectivity index (χ4v) is 3.84. The van der Waals surface area contributed by atoms with Gasteiger partial charge >= 0.3 is 12.1 Å². The number of anilines is 2. The molecule has 190 valence electrons. The number of likely N-dealkylation sites (N-methyl/N-ethyl adjacent to an activating group) is 1. The van der Waals surface area contributed by atoms with E-state index in [1.165, 1.54) is 12.4 Å². The van der Waals surface area contributed by atoms with Gasteiger partial charge in [0.15, 0.2) is 0 Å². The minimum absolute atomic E-state index is 0.0566. The summed E-state index contributed by atoms with van der Waals surface area (Å²) in [5.41, 5.74) is 0.839. The van der Waals surface area contributed by atoms with E-state index in [9.17, 15) is 27.9 Å². The van der Waals surface area contributed by atoms with Crippen molar-refractivity contribution in [3.05, 3.63) is 95.3 Å². The van der Waals surface area contributed by atoms with Gasteiger partial charge in [-0.3, -0.25) is 4.79 Å². The maximum absolute atomic E-state index is 12.8. The molecule has 1 amide bonds. The van der Waals surface area contributed by atoms with Crippen LogP contribution in [0.3, 0.4) is 0 Å². The number of carbonyl (C=O) groups is 2. The minimum atomic E-state index is -4.48. The lowest BCUT2D eigenvalue weighted by Crippen LogP contribution is -2.24. The summed E-state index contributed by atoms with van der Waals surface area (Å²) in [6, 6.07) is 15.4. The van der Waals surface area contributed by atoms with Crippen molar-refractivity contribution < 1.29 is 27.9 Å². The third-order valence-corrected chi connectivity index (χ3v) is 5.64. The van der Waals surface area contributed by atoms with E-state index in [4.69, 9.17) is 0 Å². The van der Waals surface area contributed by atoms with Crippen LogP contribution in [0.25, 0.3) is 10.9 Å². The highest BCUT2D eigenvalue weighted by Crippen LogP contribution is 2.30. The van der Waals surface area contributed by atoms with Crippen LogP contribution in [-0.2, 0) is 6.18 Å². The van der Waals surface area contributed by atoms with Gasteiger partial charge in [0.1, 0.15) is 12.1 Å². The molecule has 1 unspecified atom stereocenters. The SMILES string of the molecule is CNCC(Nc1ncnc2c(C(=O)O)cccc12)c1cccc(NC(=O)c2ccc(C(F)(F)F)cc2)c1. The topological polar surface area (TPSA) is 116 Å². The molecule has 0 aliphatic rings. The van der Waals surface area contributed by atoms with Gasteiger partial charge in [-0.25, -0.2) is 14.8 Å². The molecule has 1 aromatic heterocycles. The van der Waals surface area contributed by atoms with Gasteiger partial charge in [-0.2, -0.15) is 13.2 Å². The number of benzene rings is 3. The number of rotatable bonds is 8. The van der Waals surface area contributed by atoms with E-state index < -0.39 is 23.6 Å². The van der Waals surface area contributed by atoms with Gasteiger partial charge in [0.2, 0.25) is 0 Å². The van der Waals surface area contributed by atoms with E-state index in [0.717, 1.165) is 29.8 Å². The Labute approximate surface area is 209 Å². The zero-order valence-corrected chi connectivity index (χ0v) is 19.5. The van der Waals surface area contributed by atoms with E-state index in [1.807, 2.05) is 6.07 Å². The first kappa shape index (κ1) is 25.6. The van der Waals surface area contributed by atoms with Crippen molar-refractivity contribution in [2.24, 2.45) is 0 Å². The first-order chi connectivity index (χ1) is 17.7. The lowest BCUT2D eigenvalue weighted by Gasteiger charge is -2.21. The lowest BCUT2D eigenvalue weighted by molar-refractivity contribution is -0.137. The second kappa shape index (κ2) is 10.6. The molecule has 0 bridgehead atoms. The summed E-state index contributed by atoms with van der Waals surface area (Å²) in [6.45, 7) is 0.459. The molecule has 0 aliphatic carbocycles. The van der Waals surface area contributed by atoms with Crippen LogP contribution in [0.15, 0.2) is 73.1 Å². The van der Waals surface area contributed by atoms with Crippen LogP contribution in [0.5, 0.6) is 0 Å². The standard InChI is InChI=1S/C26H22F3N5O3/c1-30-13-21(34-23-19-6-3-7-20(25(36)37)22(19)31-14-32-23)16-4-2-5-18(12-16)33-24(35)15-8-10-17(11-9-15)26(27,28)29/h2-12,14,21,30H,13H2,1H3,(H,33,35)(H,36,37)(H,31,32,34). The number of carbonyl (C=O) groups excluding carboxylic acids is 1. The highest BCUT2D eigenvalue weighted by Gasteiger charge is 2.30. The molecule has 4 aromatic rings. The number of alkyl halides is 3.